The number of nitrogens with one attached hydrogen (secondary N) is 1. The Hall–Kier alpha value is -4.63. The molecule has 1 aliphatic carbocycles. The minimum absolute atomic E-state index is 0.147. The van der Waals surface area contributed by atoms with Gasteiger partial charge in [0.05, 0.1) is 18.9 Å². The summed E-state index contributed by atoms with van der Waals surface area (Å²) in [5.41, 5.74) is 3.61. The number of piperazine rings is 1. The van der Waals surface area contributed by atoms with Gasteiger partial charge in [-0.3, -0.25) is 14.5 Å². The standard InChI is InChI=1S/C20H28O.C17H30N2O.C10H16N2O3/c1-5-16(4)20(15-11-14-18(21)6-2)19(7-3)17-12-9-8-10-13-17;1-3-5-8-11-18-13-15-19(16-14-18)12-9-6-7-10-17-20-4-2;1-3-6-12(8-14)9(7-13)4-5-10(15)11-2/h5-6,11,14-15,17,21H,1-2,4,7-10,12-13H2,3H3;3-5,8,11H,2,6-7,9-10,12-17H2,1H3;3,7-9H,1,4-6H2,2H3,(H,11,15)/b15-11+,18-14+,20-19-;5-3+,11-8+;. The first-order valence-corrected chi connectivity index (χ1v) is 20.4. The summed E-state index contributed by atoms with van der Waals surface area (Å²) in [4.78, 5) is 38.6. The number of amides is 2. The second-order valence-corrected chi connectivity index (χ2v) is 13.7. The van der Waals surface area contributed by atoms with Crippen molar-refractivity contribution in [2.24, 2.45) is 5.92 Å². The van der Waals surface area contributed by atoms with E-state index in [1.54, 1.807) is 6.08 Å². The van der Waals surface area contributed by atoms with Crippen molar-refractivity contribution in [1.82, 2.24) is 20.0 Å². The fourth-order valence-corrected chi connectivity index (χ4v) is 6.49. The topological polar surface area (TPSA) is 102 Å². The molecule has 2 fully saturated rings. The van der Waals surface area contributed by atoms with Gasteiger partial charge in [0.2, 0.25) is 12.3 Å². The van der Waals surface area contributed by atoms with Crippen molar-refractivity contribution in [2.45, 2.75) is 96.9 Å². The summed E-state index contributed by atoms with van der Waals surface area (Å²) in [5.74, 6) is 0.689. The summed E-state index contributed by atoms with van der Waals surface area (Å²) in [6, 6.07) is -0.558. The number of rotatable bonds is 25. The maximum absolute atomic E-state index is 10.9. The lowest BCUT2D eigenvalue weighted by molar-refractivity contribution is -0.126. The summed E-state index contributed by atoms with van der Waals surface area (Å²) >= 11 is 0. The van der Waals surface area contributed by atoms with Gasteiger partial charge in [-0.15, -0.1) is 6.58 Å². The summed E-state index contributed by atoms with van der Waals surface area (Å²) in [6.07, 6.45) is 34.8. The number of carbonyl (C=O) groups excluding carboxylic acids is 3. The Bertz CT molecular complexity index is 1310. The zero-order chi connectivity index (χ0) is 41.8. The van der Waals surface area contributed by atoms with Crippen molar-refractivity contribution in [2.75, 3.05) is 52.9 Å². The fourth-order valence-electron chi connectivity index (χ4n) is 6.49. The summed E-state index contributed by atoms with van der Waals surface area (Å²) < 4.78 is 5.12. The summed E-state index contributed by atoms with van der Waals surface area (Å²) in [7, 11) is 1.53. The van der Waals surface area contributed by atoms with Gasteiger partial charge in [-0.25, -0.2) is 0 Å². The minimum Gasteiger partial charge on any atom is -0.508 e. The van der Waals surface area contributed by atoms with Crippen molar-refractivity contribution < 1.29 is 24.2 Å². The van der Waals surface area contributed by atoms with Gasteiger partial charge in [0.1, 0.15) is 12.0 Å². The lowest BCUT2D eigenvalue weighted by atomic mass is 9.79. The fraction of sp³-hybridized carbons (Fsp3) is 0.511. The zero-order valence-corrected chi connectivity index (χ0v) is 35.1. The monoisotopic (exact) mass is 775 g/mol. The third-order valence-corrected chi connectivity index (χ3v) is 9.77. The van der Waals surface area contributed by atoms with Gasteiger partial charge in [0, 0.05) is 46.2 Å². The molecule has 1 heterocycles. The molecule has 0 radical (unpaired) electrons. The van der Waals surface area contributed by atoms with Gasteiger partial charge in [0.15, 0.2) is 0 Å². The van der Waals surface area contributed by atoms with Crippen LogP contribution >= 0.6 is 0 Å². The molecule has 2 amide bonds. The maximum atomic E-state index is 10.9. The molecule has 56 heavy (non-hydrogen) atoms. The molecule has 0 bridgehead atoms. The second kappa shape index (κ2) is 34.8. The van der Waals surface area contributed by atoms with Crippen LogP contribution in [0.3, 0.4) is 0 Å². The van der Waals surface area contributed by atoms with E-state index in [9.17, 15) is 19.5 Å². The normalized spacial score (nSPS) is 16.1. The van der Waals surface area contributed by atoms with E-state index < -0.39 is 6.04 Å². The number of ether oxygens (including phenoxy) is 1. The number of aldehydes is 1. The highest BCUT2D eigenvalue weighted by atomic mass is 16.5. The number of allylic oxidation sites excluding steroid dienone is 11. The number of nitrogens with zero attached hydrogens (tertiary/aromatic N) is 3. The predicted molar refractivity (Wildman–Crippen MR) is 236 cm³/mol. The van der Waals surface area contributed by atoms with Crippen LogP contribution in [0.1, 0.15) is 90.9 Å². The Morgan fingerprint density at radius 1 is 0.964 bits per heavy atom. The van der Waals surface area contributed by atoms with Gasteiger partial charge >= 0.3 is 0 Å². The quantitative estimate of drug-likeness (QED) is 0.0314. The molecule has 1 aliphatic heterocycles. The van der Waals surface area contributed by atoms with E-state index in [-0.39, 0.29) is 18.1 Å². The van der Waals surface area contributed by atoms with Crippen LogP contribution in [0.2, 0.25) is 0 Å². The van der Waals surface area contributed by atoms with E-state index in [1.807, 2.05) is 25.2 Å². The van der Waals surface area contributed by atoms with Gasteiger partial charge in [-0.1, -0.05) is 107 Å². The summed E-state index contributed by atoms with van der Waals surface area (Å²) in [5, 5.41) is 11.9. The Morgan fingerprint density at radius 3 is 2.21 bits per heavy atom. The lowest BCUT2D eigenvalue weighted by Gasteiger charge is -2.34. The van der Waals surface area contributed by atoms with Gasteiger partial charge in [-0.05, 0) is 93.5 Å². The predicted octanol–water partition coefficient (Wildman–Crippen LogP) is 9.34. The van der Waals surface area contributed by atoms with E-state index in [4.69, 9.17) is 4.74 Å². The Balaban J connectivity index is 0.000000823. The third-order valence-electron chi connectivity index (χ3n) is 9.77. The number of carbonyl (C=O) groups is 3. The van der Waals surface area contributed by atoms with E-state index in [1.165, 1.54) is 113 Å². The minimum atomic E-state index is -0.558. The van der Waals surface area contributed by atoms with Gasteiger partial charge < -0.3 is 29.8 Å². The highest BCUT2D eigenvalue weighted by Crippen LogP contribution is 2.35. The highest BCUT2D eigenvalue weighted by Gasteiger charge is 2.20. The first-order valence-electron chi connectivity index (χ1n) is 20.4. The number of aliphatic hydroxyl groups is 1. The van der Waals surface area contributed by atoms with Crippen LogP contribution < -0.4 is 5.32 Å². The molecule has 0 aromatic carbocycles. The van der Waals surface area contributed by atoms with Crippen LogP contribution in [0.5, 0.6) is 0 Å². The van der Waals surface area contributed by atoms with Crippen LogP contribution in [0.15, 0.2) is 123 Å². The van der Waals surface area contributed by atoms with Crippen molar-refractivity contribution in [3.05, 3.63) is 123 Å². The van der Waals surface area contributed by atoms with Gasteiger partial charge in [-0.2, -0.15) is 0 Å². The largest absolute Gasteiger partial charge is 0.508 e. The smallest absolute Gasteiger partial charge is 0.219 e. The molecular formula is C47H74N4O5. The lowest BCUT2D eigenvalue weighted by Crippen LogP contribution is -2.44. The molecule has 9 nitrogen and oxygen atoms in total. The molecule has 1 atom stereocenters. The van der Waals surface area contributed by atoms with Crippen molar-refractivity contribution >= 4 is 18.6 Å². The van der Waals surface area contributed by atoms with Gasteiger partial charge in [0.25, 0.3) is 0 Å². The molecule has 0 spiro atoms. The molecule has 1 saturated heterocycles. The Kier molecular flexibility index (Phi) is 32.0. The molecule has 1 saturated carbocycles. The molecule has 9 heteroatoms. The number of aliphatic hydroxyl groups excluding tert-OH is 1. The van der Waals surface area contributed by atoms with Crippen molar-refractivity contribution in [3.8, 4) is 0 Å². The molecule has 2 rings (SSSR count). The molecule has 2 aliphatic rings. The van der Waals surface area contributed by atoms with Crippen LogP contribution in [-0.2, 0) is 19.1 Å². The van der Waals surface area contributed by atoms with Crippen LogP contribution in [-0.4, -0.2) is 97.4 Å². The molecule has 1 unspecified atom stereocenters. The number of hydrogen-bond donors (Lipinski definition) is 2. The average Bonchev–Trinajstić information content (AvgIpc) is 3.23. The molecule has 312 valence electrons. The Morgan fingerprint density at radius 2 is 1.66 bits per heavy atom. The van der Waals surface area contributed by atoms with Crippen LogP contribution in [0.4, 0.5) is 0 Å². The van der Waals surface area contributed by atoms with E-state index in [2.05, 4.69) is 79.4 Å². The van der Waals surface area contributed by atoms with E-state index in [0.717, 1.165) is 38.1 Å². The average molecular weight is 775 g/mol. The number of unbranched alkanes of at least 4 members (excludes halogenated alkanes) is 3. The molecule has 0 aromatic heterocycles. The molecular weight excluding hydrogens is 701 g/mol. The first-order chi connectivity index (χ1) is 27.2. The molecule has 0 aromatic rings. The number of hydrogen-bond acceptors (Lipinski definition) is 7. The van der Waals surface area contributed by atoms with Crippen LogP contribution in [0, 0.1) is 5.92 Å². The SMILES string of the molecule is C=CC(=C)C(/C=C/C=C(/O)C=C)=C(/CC)C1CCCCC1.C=CCN(C=O)C(C=O)CCC(=O)NC.C=COCCCCCCN1CCN(/C=C/C=C/C)CC1. The maximum Gasteiger partial charge on any atom is 0.219 e. The van der Waals surface area contributed by atoms with Crippen molar-refractivity contribution in [3.63, 3.8) is 0 Å². The Labute approximate surface area is 340 Å². The summed E-state index contributed by atoms with van der Waals surface area (Å²) in [6.45, 7) is 29.9. The second-order valence-electron chi connectivity index (χ2n) is 13.7. The van der Waals surface area contributed by atoms with E-state index >= 15 is 0 Å². The van der Waals surface area contributed by atoms with E-state index in [0.29, 0.717) is 31.6 Å². The zero-order valence-electron chi connectivity index (χ0n) is 35.1. The third kappa shape index (κ3) is 24.0. The van der Waals surface area contributed by atoms with Crippen LogP contribution in [0.25, 0.3) is 0 Å². The molecule has 2 N–H and O–H groups in total. The highest BCUT2D eigenvalue weighted by molar-refractivity contribution is 5.76. The van der Waals surface area contributed by atoms with Crippen molar-refractivity contribution in [1.29, 1.82) is 0 Å². The first kappa shape index (κ1) is 51.4.